The van der Waals surface area contributed by atoms with Crippen LogP contribution in [0.15, 0.2) is 29.2 Å². The van der Waals surface area contributed by atoms with Crippen molar-refractivity contribution >= 4 is 33.0 Å². The van der Waals surface area contributed by atoms with E-state index < -0.39 is 0 Å². The summed E-state index contributed by atoms with van der Waals surface area (Å²) in [6.45, 7) is 8.40. The molecular formula is C26H32N8O2S. The van der Waals surface area contributed by atoms with E-state index in [2.05, 4.69) is 46.8 Å². The van der Waals surface area contributed by atoms with E-state index in [1.54, 1.807) is 42.3 Å². The molecule has 0 spiro atoms. The lowest BCUT2D eigenvalue weighted by Crippen LogP contribution is -2.60. The lowest BCUT2D eigenvalue weighted by atomic mass is 10.00. The third kappa shape index (κ3) is 4.61. The van der Waals surface area contributed by atoms with Crippen molar-refractivity contribution in [3.63, 3.8) is 0 Å². The molecule has 11 heteroatoms. The number of methoxy groups -OCH3 is 1. The Hall–Kier alpha value is -3.33. The maximum absolute atomic E-state index is 12.9. The maximum atomic E-state index is 12.9. The lowest BCUT2D eigenvalue weighted by Gasteiger charge is -2.49. The SMILES string of the molecule is CC[C@@H]1CN(c2cc(=O)n(C)n3cc(CC#N)nc23)[C@@H](COC)CN1C(C)c1ccc2nc(C)sc2n1. The van der Waals surface area contributed by atoms with Crippen LogP contribution < -0.4 is 10.5 Å². The van der Waals surface area contributed by atoms with Crippen LogP contribution in [0.2, 0.25) is 0 Å². The van der Waals surface area contributed by atoms with Crippen LogP contribution in [0.3, 0.4) is 0 Å². The van der Waals surface area contributed by atoms with Crippen LogP contribution in [-0.4, -0.2) is 67.9 Å². The van der Waals surface area contributed by atoms with Gasteiger partial charge in [0.05, 0.1) is 53.4 Å². The fourth-order valence-corrected chi connectivity index (χ4v) is 6.16. The van der Waals surface area contributed by atoms with Crippen molar-refractivity contribution in [1.82, 2.24) is 29.0 Å². The molecular weight excluding hydrogens is 488 g/mol. The number of nitrogens with zero attached hydrogens (tertiary/aromatic N) is 8. The van der Waals surface area contributed by atoms with Crippen LogP contribution >= 0.6 is 11.3 Å². The fourth-order valence-electron chi connectivity index (χ4n) is 5.36. The molecule has 4 aromatic rings. The molecule has 1 aliphatic heterocycles. The Labute approximate surface area is 219 Å². The predicted molar refractivity (Wildman–Crippen MR) is 144 cm³/mol. The summed E-state index contributed by atoms with van der Waals surface area (Å²) in [5.74, 6) is 0. The number of aromatic nitrogens is 5. The van der Waals surface area contributed by atoms with Crippen LogP contribution in [0.5, 0.6) is 0 Å². The van der Waals surface area contributed by atoms with Crippen LogP contribution in [0.4, 0.5) is 5.69 Å². The van der Waals surface area contributed by atoms with Crippen LogP contribution in [0.25, 0.3) is 16.0 Å². The highest BCUT2D eigenvalue weighted by atomic mass is 32.1. The van der Waals surface area contributed by atoms with Crippen molar-refractivity contribution in [2.75, 3.05) is 31.7 Å². The second kappa shape index (κ2) is 10.2. The van der Waals surface area contributed by atoms with Crippen molar-refractivity contribution in [3.05, 3.63) is 51.1 Å². The molecule has 0 bridgehead atoms. The first-order chi connectivity index (χ1) is 17.8. The highest BCUT2D eigenvalue weighted by molar-refractivity contribution is 7.18. The van der Waals surface area contributed by atoms with Crippen molar-refractivity contribution in [2.24, 2.45) is 7.05 Å². The summed E-state index contributed by atoms with van der Waals surface area (Å²) in [6, 6.07) is 8.32. The second-order valence-electron chi connectivity index (χ2n) is 9.62. The summed E-state index contributed by atoms with van der Waals surface area (Å²) >= 11 is 1.62. The Morgan fingerprint density at radius 1 is 1.24 bits per heavy atom. The number of rotatable bonds is 7. The Morgan fingerprint density at radius 3 is 2.78 bits per heavy atom. The van der Waals surface area contributed by atoms with Gasteiger partial charge in [-0.1, -0.05) is 18.3 Å². The zero-order valence-electron chi connectivity index (χ0n) is 21.9. The molecule has 194 valence electrons. The first-order valence-electron chi connectivity index (χ1n) is 12.5. The molecule has 10 nitrogen and oxygen atoms in total. The number of piperazine rings is 1. The van der Waals surface area contributed by atoms with Gasteiger partial charge in [-0.3, -0.25) is 9.69 Å². The van der Waals surface area contributed by atoms with E-state index in [0.29, 0.717) is 17.9 Å². The molecule has 1 saturated heterocycles. The van der Waals surface area contributed by atoms with E-state index in [1.807, 2.05) is 6.92 Å². The molecule has 0 saturated carbocycles. The molecule has 1 aliphatic rings. The largest absolute Gasteiger partial charge is 0.383 e. The molecule has 3 atom stereocenters. The number of anilines is 1. The number of nitriles is 1. The van der Waals surface area contributed by atoms with Crippen molar-refractivity contribution < 1.29 is 4.74 Å². The Morgan fingerprint density at radius 2 is 2.05 bits per heavy atom. The van der Waals surface area contributed by atoms with Gasteiger partial charge in [0.2, 0.25) is 0 Å². The van der Waals surface area contributed by atoms with Gasteiger partial charge < -0.3 is 9.64 Å². The van der Waals surface area contributed by atoms with Gasteiger partial charge in [0, 0.05) is 45.4 Å². The highest BCUT2D eigenvalue weighted by Gasteiger charge is 2.37. The Kier molecular flexibility index (Phi) is 6.98. The van der Waals surface area contributed by atoms with Gasteiger partial charge in [0.15, 0.2) is 5.65 Å². The van der Waals surface area contributed by atoms with Gasteiger partial charge in [-0.05, 0) is 32.4 Å². The number of aryl methyl sites for hydroxylation is 2. The second-order valence-corrected chi connectivity index (χ2v) is 10.8. The summed E-state index contributed by atoms with van der Waals surface area (Å²) < 4.78 is 8.94. The van der Waals surface area contributed by atoms with Gasteiger partial charge in [-0.25, -0.2) is 24.1 Å². The third-order valence-corrected chi connectivity index (χ3v) is 8.20. The van der Waals surface area contributed by atoms with Gasteiger partial charge in [-0.15, -0.1) is 0 Å². The van der Waals surface area contributed by atoms with Crippen molar-refractivity contribution in [3.8, 4) is 6.07 Å². The zero-order chi connectivity index (χ0) is 26.3. The molecule has 1 unspecified atom stereocenters. The minimum Gasteiger partial charge on any atom is -0.383 e. The lowest BCUT2D eigenvalue weighted by molar-refractivity contribution is 0.0704. The summed E-state index contributed by atoms with van der Waals surface area (Å²) in [7, 11) is 3.42. The standard InChI is InChI=1S/C26H32N8O2S/c1-6-19-13-33(23-11-24(35)31(4)34-12-18(9-10-27)29-25(23)34)20(15-36-5)14-32(19)16(2)21-7-8-22-26(30-21)37-17(3)28-22/h7-8,11-12,16,19-20H,6,9,13-15H2,1-5H3/t16?,19-,20-/m1/s1. The van der Waals surface area contributed by atoms with Gasteiger partial charge in [0.25, 0.3) is 5.56 Å². The quantitative estimate of drug-likeness (QED) is 0.366. The van der Waals surface area contributed by atoms with Crippen molar-refractivity contribution in [2.45, 2.75) is 51.7 Å². The molecule has 0 N–H and O–H groups in total. The average Bonchev–Trinajstić information content (AvgIpc) is 3.48. The molecule has 37 heavy (non-hydrogen) atoms. The number of ether oxygens (including phenoxy) is 1. The predicted octanol–water partition coefficient (Wildman–Crippen LogP) is 3.09. The van der Waals surface area contributed by atoms with E-state index >= 15 is 0 Å². The molecule has 0 amide bonds. The number of hydrogen-bond acceptors (Lipinski definition) is 9. The number of imidazole rings is 1. The minimum absolute atomic E-state index is 0.0108. The smallest absolute Gasteiger partial charge is 0.267 e. The van der Waals surface area contributed by atoms with E-state index in [-0.39, 0.29) is 30.1 Å². The molecule has 4 aromatic heterocycles. The fraction of sp³-hybridized carbons (Fsp3) is 0.500. The molecule has 1 fully saturated rings. The summed E-state index contributed by atoms with van der Waals surface area (Å²) in [4.78, 5) is 32.9. The maximum Gasteiger partial charge on any atom is 0.267 e. The molecule has 0 radical (unpaired) electrons. The van der Waals surface area contributed by atoms with Crippen LogP contribution in [0.1, 0.15) is 42.7 Å². The monoisotopic (exact) mass is 520 g/mol. The number of thiazole rings is 1. The van der Waals surface area contributed by atoms with Gasteiger partial charge >= 0.3 is 0 Å². The topological polar surface area (TPSA) is 105 Å². The van der Waals surface area contributed by atoms with Crippen LogP contribution in [-0.2, 0) is 18.2 Å². The summed E-state index contributed by atoms with van der Waals surface area (Å²) in [6.07, 6.45) is 2.90. The van der Waals surface area contributed by atoms with Crippen LogP contribution in [0, 0.1) is 18.3 Å². The Bertz CT molecular complexity index is 1530. The highest BCUT2D eigenvalue weighted by Crippen LogP contribution is 2.33. The van der Waals surface area contributed by atoms with E-state index in [0.717, 1.165) is 46.2 Å². The van der Waals surface area contributed by atoms with E-state index in [9.17, 15) is 10.1 Å². The van der Waals surface area contributed by atoms with E-state index in [1.165, 1.54) is 4.68 Å². The molecule has 0 aliphatic carbocycles. The number of pyridine rings is 1. The first kappa shape index (κ1) is 25.3. The molecule has 0 aromatic carbocycles. The van der Waals surface area contributed by atoms with Crippen molar-refractivity contribution in [1.29, 1.82) is 5.26 Å². The molecule has 5 heterocycles. The summed E-state index contributed by atoms with van der Waals surface area (Å²) in [5.41, 5.74) is 3.95. The molecule has 5 rings (SSSR count). The summed E-state index contributed by atoms with van der Waals surface area (Å²) in [5, 5.41) is 10.2. The van der Waals surface area contributed by atoms with Gasteiger partial charge in [-0.2, -0.15) is 5.26 Å². The van der Waals surface area contributed by atoms with E-state index in [4.69, 9.17) is 14.7 Å². The average molecular weight is 521 g/mol. The third-order valence-electron chi connectivity index (χ3n) is 7.32. The minimum atomic E-state index is -0.124. The zero-order valence-corrected chi connectivity index (χ0v) is 22.7. The normalized spacial score (nSPS) is 19.5. The first-order valence-corrected chi connectivity index (χ1v) is 13.4. The number of fused-ring (bicyclic) bond motifs is 2. The number of hydrogen-bond donors (Lipinski definition) is 0. The Balaban J connectivity index is 1.52. The van der Waals surface area contributed by atoms with Gasteiger partial charge in [0.1, 0.15) is 10.3 Å².